The van der Waals surface area contributed by atoms with Crippen molar-refractivity contribution in [1.29, 1.82) is 0 Å². The number of aliphatic hydroxyl groups excluding tert-OH is 1. The fourth-order valence-corrected chi connectivity index (χ4v) is 4.50. The van der Waals surface area contributed by atoms with E-state index in [4.69, 9.17) is 4.74 Å². The number of rotatable bonds is 4. The molecule has 0 amide bonds. The minimum atomic E-state index is 0.149. The van der Waals surface area contributed by atoms with E-state index >= 15 is 0 Å². The van der Waals surface area contributed by atoms with E-state index < -0.39 is 0 Å². The van der Waals surface area contributed by atoms with Gasteiger partial charge in [0, 0.05) is 31.0 Å². The van der Waals surface area contributed by atoms with Crippen molar-refractivity contribution >= 4 is 11.8 Å². The molecule has 0 saturated carbocycles. The Labute approximate surface area is 109 Å². The number of thioether (sulfide) groups is 1. The third kappa shape index (κ3) is 3.16. The minimum Gasteiger partial charge on any atom is -0.395 e. The molecule has 0 bridgehead atoms. The van der Waals surface area contributed by atoms with Gasteiger partial charge in [0.15, 0.2) is 0 Å². The van der Waals surface area contributed by atoms with E-state index in [2.05, 4.69) is 18.7 Å². The van der Waals surface area contributed by atoms with Gasteiger partial charge in [-0.15, -0.1) is 0 Å². The molecule has 2 atom stereocenters. The molecule has 1 N–H and O–H groups in total. The Hall–Kier alpha value is 0.230. The van der Waals surface area contributed by atoms with E-state index in [0.29, 0.717) is 12.1 Å². The third-order valence-corrected chi connectivity index (χ3v) is 5.25. The molecular formula is C13H25NO2S. The predicted molar refractivity (Wildman–Crippen MR) is 72.6 cm³/mol. The zero-order valence-electron chi connectivity index (χ0n) is 11.0. The van der Waals surface area contributed by atoms with Crippen LogP contribution in [0.25, 0.3) is 0 Å². The van der Waals surface area contributed by atoms with Crippen LogP contribution in [0.1, 0.15) is 33.1 Å². The van der Waals surface area contributed by atoms with Crippen LogP contribution >= 0.6 is 11.8 Å². The van der Waals surface area contributed by atoms with Gasteiger partial charge in [-0.2, -0.15) is 11.8 Å². The van der Waals surface area contributed by atoms with Crippen molar-refractivity contribution in [3.8, 4) is 0 Å². The van der Waals surface area contributed by atoms with Crippen LogP contribution in [0.4, 0.5) is 0 Å². The summed E-state index contributed by atoms with van der Waals surface area (Å²) in [6.07, 6.45) is 3.47. The second kappa shape index (κ2) is 5.91. The molecule has 0 aromatic carbocycles. The average Bonchev–Trinajstić information content (AvgIpc) is 2.73. The summed E-state index contributed by atoms with van der Waals surface area (Å²) in [5.41, 5.74) is 0.149. The molecule has 100 valence electrons. The quantitative estimate of drug-likeness (QED) is 0.834. The van der Waals surface area contributed by atoms with E-state index in [1.807, 2.05) is 11.8 Å². The summed E-state index contributed by atoms with van der Waals surface area (Å²) in [6, 6.07) is 1.10. The number of hydrogen-bond acceptors (Lipinski definition) is 4. The van der Waals surface area contributed by atoms with Crippen LogP contribution in [0.15, 0.2) is 0 Å². The first-order valence-corrected chi connectivity index (χ1v) is 7.91. The minimum absolute atomic E-state index is 0.149. The summed E-state index contributed by atoms with van der Waals surface area (Å²) in [6.45, 7) is 6.39. The van der Waals surface area contributed by atoms with Crippen molar-refractivity contribution in [3.63, 3.8) is 0 Å². The van der Waals surface area contributed by atoms with E-state index in [1.54, 1.807) is 0 Å². The van der Waals surface area contributed by atoms with Crippen molar-refractivity contribution in [3.05, 3.63) is 0 Å². The Bertz CT molecular complexity index is 242. The van der Waals surface area contributed by atoms with Gasteiger partial charge < -0.3 is 9.84 Å². The Kier molecular flexibility index (Phi) is 4.75. The first-order chi connectivity index (χ1) is 8.17. The maximum atomic E-state index is 9.20. The van der Waals surface area contributed by atoms with Crippen molar-refractivity contribution in [2.75, 3.05) is 31.3 Å². The molecule has 2 aliphatic rings. The van der Waals surface area contributed by atoms with Gasteiger partial charge in [-0.05, 0) is 38.9 Å². The summed E-state index contributed by atoms with van der Waals surface area (Å²) < 4.78 is 6.05. The molecule has 0 aliphatic carbocycles. The van der Waals surface area contributed by atoms with Crippen LogP contribution in [0.5, 0.6) is 0 Å². The van der Waals surface area contributed by atoms with Crippen LogP contribution in [-0.4, -0.2) is 59.0 Å². The molecule has 0 radical (unpaired) electrons. The molecule has 2 rings (SSSR count). The van der Waals surface area contributed by atoms with E-state index in [1.165, 1.54) is 12.2 Å². The average molecular weight is 259 g/mol. The first-order valence-electron chi connectivity index (χ1n) is 6.75. The lowest BCUT2D eigenvalue weighted by molar-refractivity contribution is -0.0948. The lowest BCUT2D eigenvalue weighted by Crippen LogP contribution is -2.51. The summed E-state index contributed by atoms with van der Waals surface area (Å²) in [5.74, 6) is 2.41. The number of nitrogens with zero attached hydrogens (tertiary/aromatic N) is 1. The van der Waals surface area contributed by atoms with Gasteiger partial charge in [0.2, 0.25) is 0 Å². The molecule has 3 nitrogen and oxygen atoms in total. The van der Waals surface area contributed by atoms with Crippen LogP contribution in [0.2, 0.25) is 0 Å². The second-order valence-electron chi connectivity index (χ2n) is 5.54. The largest absolute Gasteiger partial charge is 0.395 e. The number of aliphatic hydroxyl groups is 1. The molecule has 1 spiro atoms. The molecule has 0 aromatic heterocycles. The van der Waals surface area contributed by atoms with Crippen molar-refractivity contribution in [2.45, 2.75) is 50.8 Å². The molecule has 2 saturated heterocycles. The fraction of sp³-hybridized carbons (Fsp3) is 1.00. The molecule has 2 heterocycles. The van der Waals surface area contributed by atoms with Crippen LogP contribution < -0.4 is 0 Å². The van der Waals surface area contributed by atoms with Gasteiger partial charge in [0.05, 0.1) is 12.2 Å². The molecular weight excluding hydrogens is 234 g/mol. The maximum absolute atomic E-state index is 9.20. The smallest absolute Gasteiger partial charge is 0.0795 e. The zero-order chi connectivity index (χ0) is 12.3. The van der Waals surface area contributed by atoms with E-state index in [9.17, 15) is 5.11 Å². The van der Waals surface area contributed by atoms with Crippen molar-refractivity contribution < 1.29 is 9.84 Å². The summed E-state index contributed by atoms with van der Waals surface area (Å²) in [5, 5.41) is 9.20. The second-order valence-corrected chi connectivity index (χ2v) is 6.64. The summed E-state index contributed by atoms with van der Waals surface area (Å²) in [7, 11) is 0. The van der Waals surface area contributed by atoms with Gasteiger partial charge in [-0.25, -0.2) is 0 Å². The summed E-state index contributed by atoms with van der Waals surface area (Å²) in [4.78, 5) is 2.45. The van der Waals surface area contributed by atoms with Gasteiger partial charge >= 0.3 is 0 Å². The number of hydrogen-bond donors (Lipinski definition) is 1. The third-order valence-electron chi connectivity index (χ3n) is 4.02. The van der Waals surface area contributed by atoms with Crippen LogP contribution in [0, 0.1) is 0 Å². The van der Waals surface area contributed by atoms with E-state index in [-0.39, 0.29) is 12.2 Å². The highest BCUT2D eigenvalue weighted by molar-refractivity contribution is 7.99. The van der Waals surface area contributed by atoms with Gasteiger partial charge in [0.1, 0.15) is 0 Å². The Balaban J connectivity index is 1.99. The molecule has 17 heavy (non-hydrogen) atoms. The normalized spacial score (nSPS) is 34.1. The number of ether oxygens (including phenoxy) is 1. The zero-order valence-corrected chi connectivity index (χ0v) is 11.8. The lowest BCUT2D eigenvalue weighted by atomic mass is 9.88. The topological polar surface area (TPSA) is 32.7 Å². The van der Waals surface area contributed by atoms with E-state index in [0.717, 1.165) is 31.7 Å². The highest BCUT2D eigenvalue weighted by Crippen LogP contribution is 2.39. The molecule has 2 unspecified atom stereocenters. The van der Waals surface area contributed by atoms with Crippen LogP contribution in [0.3, 0.4) is 0 Å². The SMILES string of the molecule is CC(C)N(CCO)C1CCOC2(CCSC2)C1. The Morgan fingerprint density at radius 1 is 1.53 bits per heavy atom. The van der Waals surface area contributed by atoms with Gasteiger partial charge in [0.25, 0.3) is 0 Å². The van der Waals surface area contributed by atoms with Crippen LogP contribution in [-0.2, 0) is 4.74 Å². The van der Waals surface area contributed by atoms with Gasteiger partial charge in [-0.1, -0.05) is 0 Å². The molecule has 2 aliphatic heterocycles. The highest BCUT2D eigenvalue weighted by atomic mass is 32.2. The highest BCUT2D eigenvalue weighted by Gasteiger charge is 2.42. The Morgan fingerprint density at radius 3 is 2.94 bits per heavy atom. The van der Waals surface area contributed by atoms with Gasteiger partial charge in [-0.3, -0.25) is 4.90 Å². The molecule has 2 fully saturated rings. The van der Waals surface area contributed by atoms with Crippen molar-refractivity contribution in [2.24, 2.45) is 0 Å². The lowest BCUT2D eigenvalue weighted by Gasteiger charge is -2.44. The maximum Gasteiger partial charge on any atom is 0.0795 e. The standard InChI is InChI=1S/C13H25NO2S/c1-11(2)14(5-6-15)12-3-7-16-13(9-12)4-8-17-10-13/h11-12,15H,3-10H2,1-2H3. The van der Waals surface area contributed by atoms with Crippen molar-refractivity contribution in [1.82, 2.24) is 4.90 Å². The molecule has 4 heteroatoms. The predicted octanol–water partition coefficient (Wildman–Crippen LogP) is 1.74. The Morgan fingerprint density at radius 2 is 2.35 bits per heavy atom. The molecule has 0 aromatic rings. The fourth-order valence-electron chi connectivity index (χ4n) is 3.13. The first kappa shape index (κ1) is 13.7. The summed E-state index contributed by atoms with van der Waals surface area (Å²) >= 11 is 2.02. The monoisotopic (exact) mass is 259 g/mol.